The van der Waals surface area contributed by atoms with Crippen LogP contribution in [-0.2, 0) is 20.6 Å². The Hall–Kier alpha value is -3.96. The maximum absolute atomic E-state index is 12.6. The molecule has 0 bridgehead atoms. The molecule has 0 saturated heterocycles. The number of alkyl halides is 2. The van der Waals surface area contributed by atoms with Gasteiger partial charge in [0.05, 0.1) is 25.2 Å². The van der Waals surface area contributed by atoms with E-state index in [0.717, 1.165) is 5.56 Å². The second-order valence-corrected chi connectivity index (χ2v) is 6.43. The van der Waals surface area contributed by atoms with Gasteiger partial charge in [-0.05, 0) is 18.2 Å². The summed E-state index contributed by atoms with van der Waals surface area (Å²) in [6.45, 7) is -2.79. The number of carbonyl (C=O) groups is 2. The fourth-order valence-corrected chi connectivity index (χ4v) is 2.82. The Morgan fingerprint density at radius 2 is 1.90 bits per heavy atom. The minimum absolute atomic E-state index is 0.0337. The molecule has 0 aliphatic heterocycles. The lowest BCUT2D eigenvalue weighted by Gasteiger charge is -2.12. The summed E-state index contributed by atoms with van der Waals surface area (Å²) in [5.74, 6) is -1.27. The van der Waals surface area contributed by atoms with E-state index in [1.54, 1.807) is 31.2 Å². The van der Waals surface area contributed by atoms with Gasteiger partial charge in [-0.1, -0.05) is 0 Å². The Labute approximate surface area is 175 Å². The number of aromatic nitrogens is 4. The van der Waals surface area contributed by atoms with Crippen molar-refractivity contribution in [1.82, 2.24) is 24.9 Å². The molecule has 0 unspecified atom stereocenters. The van der Waals surface area contributed by atoms with Gasteiger partial charge >= 0.3 is 6.61 Å². The smallest absolute Gasteiger partial charge is 0.387 e. The number of halogens is 2. The zero-order valence-electron chi connectivity index (χ0n) is 16.9. The molecule has 0 aliphatic carbocycles. The maximum Gasteiger partial charge on any atom is 0.387 e. The Morgan fingerprint density at radius 1 is 1.13 bits per heavy atom. The van der Waals surface area contributed by atoms with Crippen LogP contribution in [0.5, 0.6) is 11.5 Å². The highest BCUT2D eigenvalue weighted by atomic mass is 19.3. The van der Waals surface area contributed by atoms with Crippen molar-refractivity contribution in [3.63, 3.8) is 0 Å². The van der Waals surface area contributed by atoms with E-state index in [2.05, 4.69) is 25.6 Å². The molecule has 0 radical (unpaired) electrons. The van der Waals surface area contributed by atoms with Crippen molar-refractivity contribution >= 4 is 17.5 Å². The quantitative estimate of drug-likeness (QED) is 0.561. The van der Waals surface area contributed by atoms with Crippen molar-refractivity contribution in [2.24, 2.45) is 14.1 Å². The third kappa shape index (κ3) is 5.15. The van der Waals surface area contributed by atoms with Gasteiger partial charge in [0.15, 0.2) is 11.5 Å². The zero-order chi connectivity index (χ0) is 22.5. The monoisotopic (exact) mass is 434 g/mol. The van der Waals surface area contributed by atoms with Crippen molar-refractivity contribution in [3.8, 4) is 11.5 Å². The molecule has 0 spiro atoms. The standard InChI is InChI=1S/C19H20F2N6O4/c1-26-10-11(8-23-26)7-22-18(29)16-13(9-24-27(16)2)25-17(28)12-4-5-14(31-19(20)21)15(6-12)30-3/h4-6,8-10,19H,7H2,1-3H3,(H,22,29)(H,25,28). The zero-order valence-corrected chi connectivity index (χ0v) is 16.9. The molecule has 0 atom stereocenters. The van der Waals surface area contributed by atoms with Crippen LogP contribution in [0.4, 0.5) is 14.5 Å². The number of hydrogen-bond donors (Lipinski definition) is 2. The summed E-state index contributed by atoms with van der Waals surface area (Å²) in [6, 6.07) is 3.75. The Balaban J connectivity index is 1.74. The number of anilines is 1. The molecule has 0 fully saturated rings. The average molecular weight is 434 g/mol. The van der Waals surface area contributed by atoms with Crippen LogP contribution < -0.4 is 20.1 Å². The summed E-state index contributed by atoms with van der Waals surface area (Å²) in [4.78, 5) is 25.3. The van der Waals surface area contributed by atoms with E-state index in [-0.39, 0.29) is 35.0 Å². The van der Waals surface area contributed by atoms with E-state index in [1.165, 1.54) is 36.2 Å². The molecule has 3 rings (SSSR count). The molecule has 2 amide bonds. The highest BCUT2D eigenvalue weighted by molar-refractivity contribution is 6.08. The van der Waals surface area contributed by atoms with Crippen LogP contribution in [0.15, 0.2) is 36.8 Å². The summed E-state index contributed by atoms with van der Waals surface area (Å²) in [6.07, 6.45) is 4.73. The molecule has 10 nitrogen and oxygen atoms in total. The van der Waals surface area contributed by atoms with Crippen molar-refractivity contribution in [3.05, 3.63) is 53.6 Å². The fraction of sp³-hybridized carbons (Fsp3) is 0.263. The van der Waals surface area contributed by atoms with Crippen LogP contribution in [0.25, 0.3) is 0 Å². The van der Waals surface area contributed by atoms with Crippen LogP contribution in [-0.4, -0.2) is 45.1 Å². The van der Waals surface area contributed by atoms with Crippen molar-refractivity contribution < 1.29 is 27.8 Å². The Morgan fingerprint density at radius 3 is 2.55 bits per heavy atom. The minimum atomic E-state index is -3.03. The molecule has 12 heteroatoms. The Bertz CT molecular complexity index is 1100. The van der Waals surface area contributed by atoms with Crippen LogP contribution in [0.1, 0.15) is 26.4 Å². The SMILES string of the molecule is COc1cc(C(=O)Nc2cnn(C)c2C(=O)NCc2cnn(C)c2)ccc1OC(F)F. The lowest BCUT2D eigenvalue weighted by atomic mass is 10.2. The maximum atomic E-state index is 12.6. The first kappa shape index (κ1) is 21.7. The second-order valence-electron chi connectivity index (χ2n) is 6.43. The molecular weight excluding hydrogens is 414 g/mol. The van der Waals surface area contributed by atoms with Crippen LogP contribution in [0.3, 0.4) is 0 Å². The molecule has 0 saturated carbocycles. The number of rotatable bonds is 8. The van der Waals surface area contributed by atoms with Crippen LogP contribution in [0.2, 0.25) is 0 Å². The van der Waals surface area contributed by atoms with Gasteiger partial charge in [-0.3, -0.25) is 19.0 Å². The van der Waals surface area contributed by atoms with Gasteiger partial charge in [0.1, 0.15) is 5.69 Å². The fourth-order valence-electron chi connectivity index (χ4n) is 2.82. The highest BCUT2D eigenvalue weighted by Gasteiger charge is 2.20. The topological polar surface area (TPSA) is 112 Å². The van der Waals surface area contributed by atoms with E-state index >= 15 is 0 Å². The molecule has 31 heavy (non-hydrogen) atoms. The van der Waals surface area contributed by atoms with Crippen molar-refractivity contribution in [2.45, 2.75) is 13.2 Å². The lowest BCUT2D eigenvalue weighted by Crippen LogP contribution is -2.26. The van der Waals surface area contributed by atoms with Gasteiger partial charge in [-0.25, -0.2) is 0 Å². The second kappa shape index (κ2) is 9.24. The molecule has 164 valence electrons. The summed E-state index contributed by atoms with van der Waals surface area (Å²) in [7, 11) is 4.59. The number of benzene rings is 1. The first-order valence-electron chi connectivity index (χ1n) is 9.00. The molecule has 2 N–H and O–H groups in total. The van der Waals surface area contributed by atoms with E-state index in [0.29, 0.717) is 0 Å². The summed E-state index contributed by atoms with van der Waals surface area (Å²) in [5.41, 5.74) is 1.25. The molecule has 2 heterocycles. The van der Waals surface area contributed by atoms with Crippen LogP contribution >= 0.6 is 0 Å². The number of aryl methyl sites for hydroxylation is 2. The van der Waals surface area contributed by atoms with Crippen LogP contribution in [0, 0.1) is 0 Å². The number of methoxy groups -OCH3 is 1. The number of carbonyl (C=O) groups excluding carboxylic acids is 2. The summed E-state index contributed by atoms with van der Waals surface area (Å²) >= 11 is 0. The van der Waals surface area contributed by atoms with Gasteiger partial charge in [0.2, 0.25) is 0 Å². The first-order chi connectivity index (χ1) is 14.8. The van der Waals surface area contributed by atoms with Gasteiger partial charge < -0.3 is 20.1 Å². The van der Waals surface area contributed by atoms with E-state index in [4.69, 9.17) is 4.74 Å². The average Bonchev–Trinajstić information content (AvgIpc) is 3.31. The van der Waals surface area contributed by atoms with Gasteiger partial charge in [-0.15, -0.1) is 0 Å². The summed E-state index contributed by atoms with van der Waals surface area (Å²) < 4.78 is 37.2. The van der Waals surface area contributed by atoms with E-state index in [9.17, 15) is 18.4 Å². The lowest BCUT2D eigenvalue weighted by molar-refractivity contribution is -0.0512. The molecule has 0 aliphatic rings. The number of nitrogens with zero attached hydrogens (tertiary/aromatic N) is 4. The third-order valence-corrected chi connectivity index (χ3v) is 4.26. The predicted molar refractivity (Wildman–Crippen MR) is 105 cm³/mol. The minimum Gasteiger partial charge on any atom is -0.493 e. The third-order valence-electron chi connectivity index (χ3n) is 4.26. The van der Waals surface area contributed by atoms with E-state index in [1.807, 2.05) is 0 Å². The van der Waals surface area contributed by atoms with Gasteiger partial charge in [0, 0.05) is 38.0 Å². The normalized spacial score (nSPS) is 10.8. The first-order valence-corrected chi connectivity index (χ1v) is 9.00. The number of hydrogen-bond acceptors (Lipinski definition) is 6. The molecule has 3 aromatic rings. The summed E-state index contributed by atoms with van der Waals surface area (Å²) in [5, 5.41) is 13.4. The highest BCUT2D eigenvalue weighted by Crippen LogP contribution is 2.30. The molecular formula is C19H20F2N6O4. The van der Waals surface area contributed by atoms with Gasteiger partial charge in [-0.2, -0.15) is 19.0 Å². The Kier molecular flexibility index (Phi) is 6.48. The number of nitrogens with one attached hydrogen (secondary N) is 2. The number of amides is 2. The van der Waals surface area contributed by atoms with Crippen molar-refractivity contribution in [2.75, 3.05) is 12.4 Å². The van der Waals surface area contributed by atoms with Gasteiger partial charge in [0.25, 0.3) is 11.8 Å². The van der Waals surface area contributed by atoms with E-state index < -0.39 is 18.4 Å². The largest absolute Gasteiger partial charge is 0.493 e. The number of ether oxygens (including phenoxy) is 2. The van der Waals surface area contributed by atoms with Crippen molar-refractivity contribution in [1.29, 1.82) is 0 Å². The predicted octanol–water partition coefficient (Wildman–Crippen LogP) is 1.95. The molecule has 2 aromatic heterocycles. The molecule has 1 aromatic carbocycles.